The van der Waals surface area contributed by atoms with Crippen LogP contribution in [0.5, 0.6) is 0 Å². The van der Waals surface area contributed by atoms with Gasteiger partial charge in [0.2, 0.25) is 0 Å². The molecule has 0 N–H and O–H groups in total. The molecule has 0 radical (unpaired) electrons. The van der Waals surface area contributed by atoms with Gasteiger partial charge >= 0.3 is 0 Å². The zero-order valence-electron chi connectivity index (χ0n) is 35.8. The van der Waals surface area contributed by atoms with E-state index in [-0.39, 0.29) is 11.2 Å². The Bertz CT molecular complexity index is 3910. The van der Waals surface area contributed by atoms with Crippen LogP contribution < -0.4 is 0 Å². The molecule has 0 saturated heterocycles. The van der Waals surface area contributed by atoms with E-state index in [0.717, 1.165) is 5.56 Å². The van der Waals surface area contributed by atoms with E-state index in [0.29, 0.717) is 0 Å². The van der Waals surface area contributed by atoms with Gasteiger partial charge in [-0.1, -0.05) is 188 Å². The lowest BCUT2D eigenvalue weighted by Gasteiger charge is -2.26. The average Bonchev–Trinajstić information content (AvgIpc) is 3.95. The molecule has 2 heterocycles. The summed E-state index contributed by atoms with van der Waals surface area (Å²) in [5.41, 5.74) is 14.1. The molecule has 2 unspecified atom stereocenters. The van der Waals surface area contributed by atoms with Gasteiger partial charge in [0.05, 0.1) is 0 Å². The van der Waals surface area contributed by atoms with Gasteiger partial charge in [-0.2, -0.15) is 0 Å². The molecule has 1 aromatic heterocycles. The minimum Gasteiger partial charge on any atom is -0.135 e. The van der Waals surface area contributed by atoms with Gasteiger partial charge < -0.3 is 0 Å². The normalized spacial score (nSPS) is 15.4. The van der Waals surface area contributed by atoms with E-state index < -0.39 is 0 Å². The van der Waals surface area contributed by atoms with Crippen molar-refractivity contribution < 1.29 is 0 Å². The maximum absolute atomic E-state index is 3.31. The van der Waals surface area contributed by atoms with Crippen molar-refractivity contribution >= 4 is 91.9 Å². The third-order valence-corrected chi connectivity index (χ3v) is 16.6. The molecule has 2 atom stereocenters. The van der Waals surface area contributed by atoms with Crippen molar-refractivity contribution in [2.75, 3.05) is 0 Å². The van der Waals surface area contributed by atoms with Gasteiger partial charge in [-0.15, -0.1) is 23.1 Å². The molecule has 0 spiro atoms. The second-order valence-corrected chi connectivity index (χ2v) is 19.9. The Hall–Kier alpha value is -7.67. The number of allylic oxidation sites excluding steroid dienone is 3. The maximum Gasteiger partial charge on any atom is 0.0454 e. The molecule has 0 nitrogen and oxygen atoms in total. The van der Waals surface area contributed by atoms with Crippen LogP contribution in [0.1, 0.15) is 17.0 Å². The Labute approximate surface area is 391 Å². The van der Waals surface area contributed by atoms with Crippen molar-refractivity contribution in [3.8, 4) is 44.5 Å². The summed E-state index contributed by atoms with van der Waals surface area (Å²) in [5.74, 6) is 0.282. The van der Waals surface area contributed by atoms with Crippen LogP contribution in [0.15, 0.2) is 223 Å². The van der Waals surface area contributed by atoms with Gasteiger partial charge in [0.15, 0.2) is 0 Å². The summed E-state index contributed by atoms with van der Waals surface area (Å²) >= 11 is 3.91. The van der Waals surface area contributed by atoms with Crippen LogP contribution in [-0.4, -0.2) is 5.25 Å². The fourth-order valence-corrected chi connectivity index (χ4v) is 13.8. The first-order valence-electron chi connectivity index (χ1n) is 22.7. The molecule has 0 fully saturated rings. The van der Waals surface area contributed by atoms with Crippen molar-refractivity contribution in [2.24, 2.45) is 0 Å². The summed E-state index contributed by atoms with van der Waals surface area (Å²) in [7, 11) is 0. The van der Waals surface area contributed by atoms with Gasteiger partial charge in [-0.25, -0.2) is 0 Å². The zero-order valence-corrected chi connectivity index (χ0v) is 37.4. The average molecular weight is 871 g/mol. The molecule has 11 aromatic carbocycles. The molecule has 2 aliphatic rings. The Morgan fingerprint density at radius 2 is 0.894 bits per heavy atom. The van der Waals surface area contributed by atoms with Gasteiger partial charge in [-0.05, 0) is 141 Å². The van der Waals surface area contributed by atoms with Crippen molar-refractivity contribution in [1.82, 2.24) is 0 Å². The molecule has 0 saturated carbocycles. The molecule has 2 heteroatoms. The fraction of sp³-hybridized carbons (Fsp3) is 0.0312. The summed E-state index contributed by atoms with van der Waals surface area (Å²) in [6, 6.07) is 80.8. The molecule has 1 aliphatic carbocycles. The number of fused-ring (bicyclic) bond motifs is 10. The largest absolute Gasteiger partial charge is 0.135 e. The highest BCUT2D eigenvalue weighted by molar-refractivity contribution is 8.00. The Kier molecular flexibility index (Phi) is 8.53. The molecule has 0 bridgehead atoms. The number of thioether (sulfide) groups is 1. The first kappa shape index (κ1) is 37.7. The molecular formula is C64H38S2. The van der Waals surface area contributed by atoms with Gasteiger partial charge in [0.25, 0.3) is 0 Å². The van der Waals surface area contributed by atoms with E-state index in [1.807, 2.05) is 35.2 Å². The summed E-state index contributed by atoms with van der Waals surface area (Å²) in [6.45, 7) is 0. The number of hydrogen-bond acceptors (Lipinski definition) is 2. The summed E-state index contributed by atoms with van der Waals surface area (Å²) < 4.78 is 2.60. The lowest BCUT2D eigenvalue weighted by molar-refractivity contribution is 0.895. The summed E-state index contributed by atoms with van der Waals surface area (Å²) in [4.78, 5) is 1.37. The predicted octanol–water partition coefficient (Wildman–Crippen LogP) is 18.1. The van der Waals surface area contributed by atoms with E-state index in [4.69, 9.17) is 0 Å². The lowest BCUT2D eigenvalue weighted by Crippen LogP contribution is -2.14. The van der Waals surface area contributed by atoms with Crippen LogP contribution >= 0.6 is 23.1 Å². The number of thiophene rings is 1. The van der Waals surface area contributed by atoms with Crippen LogP contribution in [0.3, 0.4) is 0 Å². The number of hydrogen-bond donors (Lipinski definition) is 0. The summed E-state index contributed by atoms with van der Waals surface area (Å²) in [5, 5.41) is 13.1. The molecule has 0 amide bonds. The quantitative estimate of drug-likeness (QED) is 0.155. The van der Waals surface area contributed by atoms with Crippen LogP contribution in [0.4, 0.5) is 0 Å². The van der Waals surface area contributed by atoms with Crippen LogP contribution in [0, 0.1) is 12.1 Å². The number of rotatable bonds is 5. The fourth-order valence-electron chi connectivity index (χ4n) is 11.2. The summed E-state index contributed by atoms with van der Waals surface area (Å²) in [6.07, 6.45) is 7.14. The monoisotopic (exact) mass is 870 g/mol. The van der Waals surface area contributed by atoms with Gasteiger partial charge in [-0.3, -0.25) is 0 Å². The smallest absolute Gasteiger partial charge is 0.0454 e. The van der Waals surface area contributed by atoms with E-state index in [1.54, 1.807) is 0 Å². The van der Waals surface area contributed by atoms with E-state index in [1.165, 1.54) is 124 Å². The van der Waals surface area contributed by atoms with Crippen molar-refractivity contribution in [3.05, 3.63) is 242 Å². The Balaban J connectivity index is 0.900. The van der Waals surface area contributed by atoms with Crippen LogP contribution in [0.2, 0.25) is 0 Å². The van der Waals surface area contributed by atoms with E-state index in [9.17, 15) is 0 Å². The Morgan fingerprint density at radius 1 is 0.394 bits per heavy atom. The predicted molar refractivity (Wildman–Crippen MR) is 285 cm³/mol. The zero-order chi connectivity index (χ0) is 43.3. The highest BCUT2D eigenvalue weighted by atomic mass is 32.2. The molecule has 12 aromatic rings. The Morgan fingerprint density at radius 3 is 1.47 bits per heavy atom. The molecule has 14 rings (SSSR count). The van der Waals surface area contributed by atoms with Crippen molar-refractivity contribution in [3.63, 3.8) is 0 Å². The van der Waals surface area contributed by atoms with E-state index >= 15 is 0 Å². The highest BCUT2D eigenvalue weighted by Gasteiger charge is 2.37. The third-order valence-electron chi connectivity index (χ3n) is 14.1. The van der Waals surface area contributed by atoms with Gasteiger partial charge in [0, 0.05) is 41.8 Å². The van der Waals surface area contributed by atoms with Crippen LogP contribution in [0.25, 0.3) is 113 Å². The molecule has 66 heavy (non-hydrogen) atoms. The van der Waals surface area contributed by atoms with Crippen molar-refractivity contribution in [1.29, 1.82) is 0 Å². The van der Waals surface area contributed by atoms with E-state index in [2.05, 4.69) is 218 Å². The standard InChI is InChI=1S/C64H38S2/c1-3-16-39(17-4-1)41-31-34-57-55(36-41)56-37-42(32-35-58(56)65-57)61-45-20-7-9-22-47(45)62(48-23-10-8-21-46(48)61)43-30-33-44-53-28-15-29-54(64(53)66-59(44)38-43)63-51-26-13-11-24-49(51)60(40-18-5-2-6-19-40)50-25-12-14-27-52(50)63/h1-3,5-16,18-38,53,64H. The third kappa shape index (κ3) is 5.74. The highest BCUT2D eigenvalue weighted by Crippen LogP contribution is 2.56. The topological polar surface area (TPSA) is 0 Å². The molecule has 306 valence electrons. The van der Waals surface area contributed by atoms with Crippen molar-refractivity contribution in [2.45, 2.75) is 16.1 Å². The minimum absolute atomic E-state index is 0.258. The second-order valence-electron chi connectivity index (χ2n) is 17.6. The minimum atomic E-state index is 0.258. The first-order valence-corrected chi connectivity index (χ1v) is 24.4. The first-order chi connectivity index (χ1) is 32.7. The SMILES string of the molecule is c1cccc(-c2ccc3sc4ccc(-c5c6ccccc6c(-c6ccc7c(c6)SC6C(c8c9ccccc9c(-c9ccccc9)c9ccccc89)=CC=CC76)c6ccccc56)cc4c3c2)c#1. The number of benzene rings is 10. The van der Waals surface area contributed by atoms with Gasteiger partial charge in [0.1, 0.15) is 0 Å². The molecular weight excluding hydrogens is 833 g/mol. The lowest BCUT2D eigenvalue weighted by atomic mass is 9.80. The molecule has 1 aliphatic heterocycles. The van der Waals surface area contributed by atoms with Crippen LogP contribution in [-0.2, 0) is 0 Å². The second kappa shape index (κ2) is 14.9. The maximum atomic E-state index is 3.31.